The first-order valence-electron chi connectivity index (χ1n) is 12.0. The van der Waals surface area contributed by atoms with Gasteiger partial charge in [0.1, 0.15) is 5.82 Å². The lowest BCUT2D eigenvalue weighted by atomic mass is 9.84. The van der Waals surface area contributed by atoms with Crippen LogP contribution >= 0.6 is 11.8 Å². The monoisotopic (exact) mass is 501 g/mol. The first kappa shape index (κ1) is 28.6. The number of hydrogen-bond acceptors (Lipinski definition) is 6. The number of carbonyl (C=O) groups excluding carboxylic acids is 1. The lowest BCUT2D eigenvalue weighted by molar-refractivity contribution is -0.137. The maximum Gasteiger partial charge on any atom is 0.302 e. The van der Waals surface area contributed by atoms with Crippen LogP contribution in [0.1, 0.15) is 37.5 Å². The molecule has 0 unspecified atom stereocenters. The maximum absolute atomic E-state index is 9.59. The normalized spacial score (nSPS) is 10.1. The smallest absolute Gasteiger partial charge is 0.302 e. The van der Waals surface area contributed by atoms with Crippen LogP contribution in [-0.2, 0) is 14.3 Å². The van der Waals surface area contributed by atoms with Crippen molar-refractivity contribution in [2.24, 2.45) is 0 Å². The molecule has 0 atom stereocenters. The Morgan fingerprint density at radius 3 is 1.64 bits per heavy atom. The predicted octanol–water partition coefficient (Wildman–Crippen LogP) is 6.82. The first-order chi connectivity index (χ1) is 17.7. The SMILES string of the molecule is CC.COC(C)=O.c1ccc(C(SCCNc2cnccn2)(c2ccccc2)c2ccccc2)cc1. The van der Waals surface area contributed by atoms with E-state index in [0.717, 1.165) is 18.1 Å². The summed E-state index contributed by atoms with van der Waals surface area (Å²) in [6.07, 6.45) is 5.15. The molecule has 0 saturated heterocycles. The highest BCUT2D eigenvalue weighted by Crippen LogP contribution is 2.48. The number of anilines is 1. The zero-order chi connectivity index (χ0) is 26.1. The van der Waals surface area contributed by atoms with Crippen LogP contribution in [0.4, 0.5) is 5.82 Å². The van der Waals surface area contributed by atoms with Gasteiger partial charge in [0, 0.05) is 31.6 Å². The summed E-state index contributed by atoms with van der Waals surface area (Å²) in [7, 11) is 1.35. The number of nitrogens with one attached hydrogen (secondary N) is 1. The molecule has 3 aromatic carbocycles. The van der Waals surface area contributed by atoms with Gasteiger partial charge in [0.15, 0.2) is 0 Å². The molecule has 0 aliphatic carbocycles. The van der Waals surface area contributed by atoms with Crippen molar-refractivity contribution in [1.29, 1.82) is 0 Å². The molecule has 1 aromatic heterocycles. The summed E-state index contributed by atoms with van der Waals surface area (Å²) in [5.74, 6) is 1.47. The van der Waals surface area contributed by atoms with Gasteiger partial charge in [-0.15, -0.1) is 11.8 Å². The lowest BCUT2D eigenvalue weighted by Crippen LogP contribution is -2.27. The second-order valence-corrected chi connectivity index (χ2v) is 8.65. The fourth-order valence-corrected chi connectivity index (χ4v) is 4.96. The molecule has 0 aliphatic rings. The summed E-state index contributed by atoms with van der Waals surface area (Å²) in [5.41, 5.74) is 3.84. The molecule has 0 saturated carbocycles. The van der Waals surface area contributed by atoms with Crippen molar-refractivity contribution in [2.45, 2.75) is 25.5 Å². The molecule has 4 aromatic rings. The van der Waals surface area contributed by atoms with Crippen LogP contribution in [0.15, 0.2) is 110 Å². The van der Waals surface area contributed by atoms with Gasteiger partial charge in [-0.25, -0.2) is 4.98 Å². The van der Waals surface area contributed by atoms with Gasteiger partial charge in [-0.2, -0.15) is 0 Å². The highest BCUT2D eigenvalue weighted by atomic mass is 32.2. The Bertz CT molecular complexity index is 1020. The van der Waals surface area contributed by atoms with Crippen LogP contribution in [0.5, 0.6) is 0 Å². The van der Waals surface area contributed by atoms with Crippen molar-refractivity contribution in [3.8, 4) is 0 Å². The van der Waals surface area contributed by atoms with Crippen LogP contribution in [0, 0.1) is 0 Å². The van der Waals surface area contributed by atoms with Gasteiger partial charge in [0.05, 0.1) is 18.1 Å². The van der Waals surface area contributed by atoms with Gasteiger partial charge in [0.2, 0.25) is 0 Å². The molecule has 4 rings (SSSR count). The zero-order valence-corrected chi connectivity index (χ0v) is 22.2. The van der Waals surface area contributed by atoms with Gasteiger partial charge >= 0.3 is 5.97 Å². The number of ether oxygens (including phenoxy) is 1. The Morgan fingerprint density at radius 1 is 0.833 bits per heavy atom. The summed E-state index contributed by atoms with van der Waals surface area (Å²) in [6, 6.07) is 32.3. The third-order valence-corrected chi connectivity index (χ3v) is 6.67. The maximum atomic E-state index is 9.59. The average molecular weight is 502 g/mol. The van der Waals surface area contributed by atoms with Crippen molar-refractivity contribution < 1.29 is 9.53 Å². The number of methoxy groups -OCH3 is 1. The Labute approximate surface area is 219 Å². The molecule has 6 heteroatoms. The number of aromatic nitrogens is 2. The minimum absolute atomic E-state index is 0.245. The molecular weight excluding hydrogens is 466 g/mol. The van der Waals surface area contributed by atoms with Crippen molar-refractivity contribution in [2.75, 3.05) is 24.7 Å². The highest BCUT2D eigenvalue weighted by molar-refractivity contribution is 8.00. The molecule has 0 radical (unpaired) electrons. The first-order valence-corrected chi connectivity index (χ1v) is 13.0. The number of thioether (sulfide) groups is 1. The quantitative estimate of drug-likeness (QED) is 0.162. The molecule has 5 nitrogen and oxygen atoms in total. The molecule has 36 heavy (non-hydrogen) atoms. The molecule has 0 amide bonds. The van der Waals surface area contributed by atoms with Crippen LogP contribution in [-0.4, -0.2) is 35.3 Å². The second kappa shape index (κ2) is 16.1. The third kappa shape index (κ3) is 8.24. The number of hydrogen-bond donors (Lipinski definition) is 1. The van der Waals surface area contributed by atoms with Crippen LogP contribution in [0.25, 0.3) is 0 Å². The summed E-state index contributed by atoms with van der Waals surface area (Å²) in [5, 5.41) is 3.38. The summed E-state index contributed by atoms with van der Waals surface area (Å²) in [4.78, 5) is 18.0. The van der Waals surface area contributed by atoms with E-state index in [-0.39, 0.29) is 10.7 Å². The number of nitrogens with zero attached hydrogens (tertiary/aromatic N) is 2. The van der Waals surface area contributed by atoms with E-state index in [1.165, 1.54) is 30.7 Å². The summed E-state index contributed by atoms with van der Waals surface area (Å²) >= 11 is 1.94. The Hall–Kier alpha value is -3.64. The van der Waals surface area contributed by atoms with Gasteiger partial charge in [0.25, 0.3) is 0 Å². The van der Waals surface area contributed by atoms with E-state index in [9.17, 15) is 4.79 Å². The number of carbonyl (C=O) groups is 1. The molecule has 0 bridgehead atoms. The average Bonchev–Trinajstić information content (AvgIpc) is 2.96. The lowest BCUT2D eigenvalue weighted by Gasteiger charge is -2.35. The molecule has 0 aliphatic heterocycles. The minimum atomic E-state index is -0.284. The second-order valence-electron chi connectivity index (χ2n) is 7.34. The van der Waals surface area contributed by atoms with E-state index in [2.05, 4.69) is 111 Å². The van der Waals surface area contributed by atoms with Crippen molar-refractivity contribution in [1.82, 2.24) is 9.97 Å². The molecule has 0 fully saturated rings. The zero-order valence-electron chi connectivity index (χ0n) is 21.4. The third-order valence-electron chi connectivity index (χ3n) is 5.12. The number of benzene rings is 3. The molecular formula is C30H35N3O2S. The fourth-order valence-electron chi connectivity index (χ4n) is 3.54. The van der Waals surface area contributed by atoms with Gasteiger partial charge < -0.3 is 10.1 Å². The highest BCUT2D eigenvalue weighted by Gasteiger charge is 2.36. The predicted molar refractivity (Wildman–Crippen MR) is 151 cm³/mol. The Kier molecular flexibility index (Phi) is 12.8. The van der Waals surface area contributed by atoms with E-state index >= 15 is 0 Å². The molecule has 1 N–H and O–H groups in total. The summed E-state index contributed by atoms with van der Waals surface area (Å²) in [6.45, 7) is 6.16. The largest absolute Gasteiger partial charge is 0.469 e. The van der Waals surface area contributed by atoms with Crippen LogP contribution in [0.2, 0.25) is 0 Å². The van der Waals surface area contributed by atoms with E-state index in [0.29, 0.717) is 0 Å². The topological polar surface area (TPSA) is 64.1 Å². The number of rotatable bonds is 8. The molecule has 1 heterocycles. The summed E-state index contributed by atoms with van der Waals surface area (Å²) < 4.78 is 3.83. The fraction of sp³-hybridized carbons (Fsp3) is 0.233. The van der Waals surface area contributed by atoms with Crippen molar-refractivity contribution in [3.63, 3.8) is 0 Å². The molecule has 0 spiro atoms. The van der Waals surface area contributed by atoms with E-state index < -0.39 is 0 Å². The van der Waals surface area contributed by atoms with E-state index in [4.69, 9.17) is 0 Å². The van der Waals surface area contributed by atoms with Crippen LogP contribution < -0.4 is 5.32 Å². The Morgan fingerprint density at radius 2 is 1.28 bits per heavy atom. The van der Waals surface area contributed by atoms with Gasteiger partial charge in [-0.3, -0.25) is 9.78 Å². The minimum Gasteiger partial charge on any atom is -0.469 e. The van der Waals surface area contributed by atoms with Gasteiger partial charge in [-0.05, 0) is 16.7 Å². The van der Waals surface area contributed by atoms with E-state index in [1.807, 2.05) is 25.6 Å². The van der Waals surface area contributed by atoms with Crippen molar-refractivity contribution >= 4 is 23.5 Å². The van der Waals surface area contributed by atoms with Crippen LogP contribution in [0.3, 0.4) is 0 Å². The number of esters is 1. The van der Waals surface area contributed by atoms with E-state index in [1.54, 1.807) is 18.6 Å². The van der Waals surface area contributed by atoms with Crippen molar-refractivity contribution in [3.05, 3.63) is 126 Å². The Balaban J connectivity index is 0.000000583. The van der Waals surface area contributed by atoms with Gasteiger partial charge in [-0.1, -0.05) is 105 Å². The molecule has 188 valence electrons. The standard InChI is InChI=1S/C25H23N3S.C3H6O2.C2H6/c1-4-10-21(11-5-1)25(22-12-6-2-7-13-22,23-14-8-3-9-15-23)29-19-18-28-24-20-26-16-17-27-24;1-3(4)5-2;1-2/h1-17,20H,18-19H2,(H,27,28);1-2H3;1-2H3.